The molecule has 0 bridgehead atoms. The molecule has 1 unspecified atom stereocenters. The van der Waals surface area contributed by atoms with E-state index in [0.29, 0.717) is 12.8 Å². The van der Waals surface area contributed by atoms with Crippen molar-refractivity contribution in [2.45, 2.75) is 89.1 Å². The first-order valence-electron chi connectivity index (χ1n) is 13.7. The van der Waals surface area contributed by atoms with Crippen LogP contribution < -0.4 is 5.32 Å². The van der Waals surface area contributed by atoms with Crippen molar-refractivity contribution in [3.05, 3.63) is 48.0 Å². The van der Waals surface area contributed by atoms with Gasteiger partial charge in [-0.05, 0) is 38.2 Å². The third-order valence-electron chi connectivity index (χ3n) is 10.1. The van der Waals surface area contributed by atoms with Crippen molar-refractivity contribution in [1.29, 1.82) is 0 Å². The van der Waals surface area contributed by atoms with Gasteiger partial charge in [-0.3, -0.25) is 14.4 Å². The number of ketones is 1. The van der Waals surface area contributed by atoms with Gasteiger partial charge in [0.25, 0.3) is 0 Å². The van der Waals surface area contributed by atoms with E-state index in [9.17, 15) is 19.5 Å². The van der Waals surface area contributed by atoms with Gasteiger partial charge in [0.1, 0.15) is 29.3 Å². The van der Waals surface area contributed by atoms with Crippen LogP contribution in [0.4, 0.5) is 0 Å². The van der Waals surface area contributed by atoms with Crippen LogP contribution in [0.5, 0.6) is 0 Å². The molecule has 8 heteroatoms. The minimum absolute atomic E-state index is 0.0359. The summed E-state index contributed by atoms with van der Waals surface area (Å²) in [6, 6.07) is 9.80. The molecule has 1 aromatic rings. The molecule has 3 aliphatic heterocycles. The van der Waals surface area contributed by atoms with E-state index < -0.39 is 52.7 Å². The van der Waals surface area contributed by atoms with Gasteiger partial charge in [0.15, 0.2) is 5.78 Å². The predicted octanol–water partition coefficient (Wildman–Crippen LogP) is 2.37. The Kier molecular flexibility index (Phi) is 5.73. The number of Topliss-reactive ketones (excluding diaryl/α,β-unsaturated/α-hetero) is 1. The highest BCUT2D eigenvalue weighted by atomic mass is 16.6. The molecule has 6 rings (SSSR count). The fourth-order valence-electron chi connectivity index (χ4n) is 8.06. The summed E-state index contributed by atoms with van der Waals surface area (Å²) in [5, 5.41) is 14.6. The average Bonchev–Trinajstić information content (AvgIpc) is 3.77. The van der Waals surface area contributed by atoms with Crippen LogP contribution >= 0.6 is 0 Å². The molecule has 3 heterocycles. The van der Waals surface area contributed by atoms with Gasteiger partial charge in [0, 0.05) is 30.7 Å². The van der Waals surface area contributed by atoms with Crippen molar-refractivity contribution in [3.8, 4) is 0 Å². The number of epoxide rings is 2. The van der Waals surface area contributed by atoms with Gasteiger partial charge in [-0.1, -0.05) is 56.3 Å². The van der Waals surface area contributed by atoms with Crippen LogP contribution in [-0.2, 0) is 35.0 Å². The van der Waals surface area contributed by atoms with Gasteiger partial charge in [0.05, 0.1) is 11.7 Å². The Labute approximate surface area is 223 Å². The van der Waals surface area contributed by atoms with Crippen LogP contribution in [0, 0.1) is 29.1 Å². The lowest BCUT2D eigenvalue weighted by Crippen LogP contribution is -2.62. The van der Waals surface area contributed by atoms with Crippen molar-refractivity contribution in [2.75, 3.05) is 0 Å². The quantitative estimate of drug-likeness (QED) is 0.355. The first-order valence-corrected chi connectivity index (χ1v) is 13.7. The average molecular weight is 524 g/mol. The summed E-state index contributed by atoms with van der Waals surface area (Å²) in [7, 11) is 0. The van der Waals surface area contributed by atoms with Crippen LogP contribution in [-0.4, -0.2) is 64.4 Å². The number of hydrogen-bond donors (Lipinski definition) is 2. The van der Waals surface area contributed by atoms with Crippen molar-refractivity contribution >= 4 is 17.7 Å². The maximum absolute atomic E-state index is 14.4. The molecule has 38 heavy (non-hydrogen) atoms. The van der Waals surface area contributed by atoms with E-state index in [-0.39, 0.29) is 35.7 Å². The highest BCUT2D eigenvalue weighted by Gasteiger charge is 2.81. The van der Waals surface area contributed by atoms with Gasteiger partial charge in [0.2, 0.25) is 5.91 Å². The normalized spacial score (nSPS) is 49.8. The summed E-state index contributed by atoms with van der Waals surface area (Å²) in [4.78, 5) is 40.2. The van der Waals surface area contributed by atoms with Crippen LogP contribution in [0.15, 0.2) is 42.5 Å². The SMILES string of the molecule is CC(=O)O[C@@H]1[C@@H]2O[C@H]2[C@@](C)(O)C(=O)[C@@H](C)C/C=C/[C@H]2[C@@H]3O[C@]3(C)[C@@H](C)[C@H]3[C@H](Cc4ccccc4)NC(=O)C312. The monoisotopic (exact) mass is 523 g/mol. The highest BCUT2D eigenvalue weighted by molar-refractivity contribution is 5.91. The topological polar surface area (TPSA) is 118 Å². The third-order valence-corrected chi connectivity index (χ3v) is 10.1. The first-order chi connectivity index (χ1) is 17.9. The smallest absolute Gasteiger partial charge is 0.303 e. The summed E-state index contributed by atoms with van der Waals surface area (Å²) in [5.41, 5.74) is -2.29. The number of amides is 1. The van der Waals surface area contributed by atoms with Crippen molar-refractivity contribution in [3.63, 3.8) is 0 Å². The lowest BCUT2D eigenvalue weighted by Gasteiger charge is -2.49. The fraction of sp³-hybridized carbons (Fsp3) is 0.633. The number of carbonyl (C=O) groups is 3. The summed E-state index contributed by atoms with van der Waals surface area (Å²) in [6.45, 7) is 8.79. The minimum atomic E-state index is -1.77. The molecule has 0 radical (unpaired) electrons. The van der Waals surface area contributed by atoms with Gasteiger partial charge in [-0.15, -0.1) is 0 Å². The molecule has 5 aliphatic rings. The largest absolute Gasteiger partial charge is 0.458 e. The molecule has 0 aromatic heterocycles. The van der Waals surface area contributed by atoms with Gasteiger partial charge < -0.3 is 24.6 Å². The molecule has 3 saturated heterocycles. The lowest BCUT2D eigenvalue weighted by atomic mass is 9.50. The zero-order chi connectivity index (χ0) is 27.2. The molecule has 204 valence electrons. The molecule has 12 atom stereocenters. The molecule has 1 saturated carbocycles. The van der Waals surface area contributed by atoms with Gasteiger partial charge >= 0.3 is 5.97 Å². The number of rotatable bonds is 3. The summed E-state index contributed by atoms with van der Waals surface area (Å²) in [5.74, 6) is -2.18. The van der Waals surface area contributed by atoms with Crippen LogP contribution in [0.2, 0.25) is 0 Å². The van der Waals surface area contributed by atoms with E-state index in [1.54, 1.807) is 6.92 Å². The molecular weight excluding hydrogens is 486 g/mol. The second kappa shape index (κ2) is 8.47. The zero-order valence-corrected chi connectivity index (χ0v) is 22.5. The van der Waals surface area contributed by atoms with Crippen molar-refractivity contribution < 1.29 is 33.7 Å². The maximum atomic E-state index is 14.4. The van der Waals surface area contributed by atoms with E-state index in [1.165, 1.54) is 13.8 Å². The van der Waals surface area contributed by atoms with Gasteiger partial charge in [-0.25, -0.2) is 0 Å². The number of hydrogen-bond acceptors (Lipinski definition) is 7. The van der Waals surface area contributed by atoms with Crippen molar-refractivity contribution in [2.24, 2.45) is 29.1 Å². The van der Waals surface area contributed by atoms with E-state index >= 15 is 0 Å². The number of allylic oxidation sites excluding steroid dienone is 1. The molecule has 2 N–H and O–H groups in total. The Bertz CT molecular complexity index is 1200. The van der Waals surface area contributed by atoms with E-state index in [0.717, 1.165) is 5.56 Å². The summed E-state index contributed by atoms with van der Waals surface area (Å²) in [6.07, 6.45) is 2.06. The zero-order valence-electron chi connectivity index (χ0n) is 22.5. The maximum Gasteiger partial charge on any atom is 0.303 e. The lowest BCUT2D eigenvalue weighted by molar-refractivity contribution is -0.171. The van der Waals surface area contributed by atoms with E-state index in [2.05, 4.69) is 19.2 Å². The molecule has 1 amide bonds. The van der Waals surface area contributed by atoms with E-state index in [4.69, 9.17) is 14.2 Å². The molecular formula is C30H37NO7. The Morgan fingerprint density at radius 1 is 1.16 bits per heavy atom. The molecule has 2 aliphatic carbocycles. The first kappa shape index (κ1) is 25.7. The second-order valence-electron chi connectivity index (χ2n) is 12.4. The Hall–Kier alpha value is -2.55. The van der Waals surface area contributed by atoms with Crippen LogP contribution in [0.3, 0.4) is 0 Å². The molecule has 4 fully saturated rings. The van der Waals surface area contributed by atoms with Crippen LogP contribution in [0.25, 0.3) is 0 Å². The minimum Gasteiger partial charge on any atom is -0.458 e. The van der Waals surface area contributed by atoms with Crippen molar-refractivity contribution in [1.82, 2.24) is 5.32 Å². The fourth-order valence-corrected chi connectivity index (χ4v) is 8.06. The number of aliphatic hydroxyl groups is 1. The Morgan fingerprint density at radius 2 is 1.87 bits per heavy atom. The number of carbonyl (C=O) groups excluding carboxylic acids is 3. The number of fused-ring (bicyclic) bond motifs is 3. The standard InChI is InChI=1S/C30H37NO7/c1-15-10-9-13-19-24-29(5,38-24)16(2)21-20(14-18-11-7-6-8-12-18)31-27(34)30(19,21)26(36-17(3)32)22-25(37-22)28(4,35)23(15)33/h6-9,11-13,15-16,19-22,24-26,35H,10,14H2,1-5H3,(H,31,34)/b13-9+/t15-,16-,19-,20-,21-,22+,24-,25+,26+,28-,29+,30?/m0/s1. The molecule has 1 spiro atoms. The Morgan fingerprint density at radius 3 is 2.55 bits per heavy atom. The third kappa shape index (κ3) is 3.49. The number of ether oxygens (including phenoxy) is 3. The van der Waals surface area contributed by atoms with Crippen LogP contribution in [0.1, 0.15) is 46.6 Å². The van der Waals surface area contributed by atoms with E-state index in [1.807, 2.05) is 42.5 Å². The highest BCUT2D eigenvalue weighted by Crippen LogP contribution is 2.68. The Balaban J connectivity index is 1.52. The summed E-state index contributed by atoms with van der Waals surface area (Å²) >= 11 is 0. The number of esters is 1. The number of nitrogens with one attached hydrogen (secondary N) is 1. The molecule has 8 nitrogen and oxygen atoms in total. The summed E-state index contributed by atoms with van der Waals surface area (Å²) < 4.78 is 18.4. The predicted molar refractivity (Wildman–Crippen MR) is 137 cm³/mol. The molecule has 1 aromatic carbocycles. The second-order valence-corrected chi connectivity index (χ2v) is 12.4. The van der Waals surface area contributed by atoms with Gasteiger partial charge in [-0.2, -0.15) is 0 Å². The number of benzene rings is 1.